The summed E-state index contributed by atoms with van der Waals surface area (Å²) >= 11 is 5.97. The lowest BCUT2D eigenvalue weighted by molar-refractivity contribution is -0.124. The number of ether oxygens (including phenoxy) is 1. The third kappa shape index (κ3) is 3.97. The predicted octanol–water partition coefficient (Wildman–Crippen LogP) is 2.98. The summed E-state index contributed by atoms with van der Waals surface area (Å²) in [6, 6.07) is 5.15. The zero-order valence-electron chi connectivity index (χ0n) is 11.2. The van der Waals surface area contributed by atoms with Gasteiger partial charge in [0.2, 0.25) is 0 Å². The van der Waals surface area contributed by atoms with E-state index >= 15 is 0 Å². The Labute approximate surface area is 123 Å². The lowest BCUT2D eigenvalue weighted by Gasteiger charge is -2.22. The predicted molar refractivity (Wildman–Crippen MR) is 77.4 cm³/mol. The molecule has 1 N–H and O–H groups in total. The molecule has 0 bridgehead atoms. The van der Waals surface area contributed by atoms with Crippen molar-refractivity contribution in [3.8, 4) is 5.75 Å². The van der Waals surface area contributed by atoms with Gasteiger partial charge in [-0.1, -0.05) is 36.9 Å². The maximum absolute atomic E-state index is 11.8. The molecule has 1 fully saturated rings. The van der Waals surface area contributed by atoms with Crippen LogP contribution in [0.15, 0.2) is 18.2 Å². The molecular formula is C15H18ClNO3. The zero-order valence-corrected chi connectivity index (χ0v) is 12.0. The summed E-state index contributed by atoms with van der Waals surface area (Å²) in [6.45, 7) is -0.124. The number of amides is 1. The van der Waals surface area contributed by atoms with Gasteiger partial charge in [-0.2, -0.15) is 0 Å². The Morgan fingerprint density at radius 1 is 1.35 bits per heavy atom. The van der Waals surface area contributed by atoms with Gasteiger partial charge in [0.15, 0.2) is 12.9 Å². The fourth-order valence-electron chi connectivity index (χ4n) is 2.42. The molecule has 0 atom stereocenters. The zero-order chi connectivity index (χ0) is 14.4. The Balaban J connectivity index is 1.88. The molecule has 1 aliphatic rings. The summed E-state index contributed by atoms with van der Waals surface area (Å²) < 4.78 is 5.39. The molecule has 0 aliphatic heterocycles. The van der Waals surface area contributed by atoms with Crippen LogP contribution in [0.3, 0.4) is 0 Å². The van der Waals surface area contributed by atoms with E-state index in [2.05, 4.69) is 5.32 Å². The van der Waals surface area contributed by atoms with Crippen LogP contribution < -0.4 is 10.1 Å². The van der Waals surface area contributed by atoms with Crippen LogP contribution in [0.1, 0.15) is 42.5 Å². The molecule has 1 aromatic carbocycles. The normalized spacial score (nSPS) is 15.7. The van der Waals surface area contributed by atoms with Crippen molar-refractivity contribution in [3.63, 3.8) is 0 Å². The van der Waals surface area contributed by atoms with Crippen LogP contribution in [0.2, 0.25) is 5.02 Å². The van der Waals surface area contributed by atoms with Gasteiger partial charge in [-0.25, -0.2) is 0 Å². The van der Waals surface area contributed by atoms with Crippen molar-refractivity contribution in [2.45, 2.75) is 38.1 Å². The molecule has 1 saturated carbocycles. The Hall–Kier alpha value is -1.55. The van der Waals surface area contributed by atoms with E-state index in [-0.39, 0.29) is 24.3 Å². The van der Waals surface area contributed by atoms with Gasteiger partial charge in [-0.3, -0.25) is 9.59 Å². The average Bonchev–Trinajstić information content (AvgIpc) is 2.46. The first-order valence-corrected chi connectivity index (χ1v) is 7.24. The number of aldehydes is 1. The Bertz CT molecular complexity index is 484. The van der Waals surface area contributed by atoms with Crippen molar-refractivity contribution in [1.29, 1.82) is 0 Å². The van der Waals surface area contributed by atoms with Crippen molar-refractivity contribution >= 4 is 23.8 Å². The summed E-state index contributed by atoms with van der Waals surface area (Å²) in [6.07, 6.45) is 6.28. The summed E-state index contributed by atoms with van der Waals surface area (Å²) in [7, 11) is 0. The molecule has 108 valence electrons. The van der Waals surface area contributed by atoms with Crippen LogP contribution in [0.25, 0.3) is 0 Å². The SMILES string of the molecule is O=Cc1cccc(Cl)c1OCC(=O)NC1CCCCC1. The second kappa shape index (κ2) is 7.29. The van der Waals surface area contributed by atoms with Crippen molar-refractivity contribution in [2.24, 2.45) is 0 Å². The quantitative estimate of drug-likeness (QED) is 0.850. The van der Waals surface area contributed by atoms with Gasteiger partial charge < -0.3 is 10.1 Å². The molecular weight excluding hydrogens is 278 g/mol. The monoisotopic (exact) mass is 295 g/mol. The van der Waals surface area contributed by atoms with Crippen molar-refractivity contribution in [2.75, 3.05) is 6.61 Å². The van der Waals surface area contributed by atoms with Crippen LogP contribution in [-0.4, -0.2) is 24.8 Å². The van der Waals surface area contributed by atoms with E-state index in [0.29, 0.717) is 16.9 Å². The van der Waals surface area contributed by atoms with Crippen molar-refractivity contribution in [1.82, 2.24) is 5.32 Å². The number of para-hydroxylation sites is 1. The van der Waals surface area contributed by atoms with Gasteiger partial charge in [0.05, 0.1) is 10.6 Å². The Kier molecular flexibility index (Phi) is 5.41. The highest BCUT2D eigenvalue weighted by Gasteiger charge is 2.16. The standard InChI is InChI=1S/C15H18ClNO3/c16-13-8-4-5-11(9-18)15(13)20-10-14(19)17-12-6-2-1-3-7-12/h4-5,8-9,12H,1-3,6-7,10H2,(H,17,19). The van der Waals surface area contributed by atoms with Gasteiger partial charge in [0.25, 0.3) is 5.91 Å². The lowest BCUT2D eigenvalue weighted by Crippen LogP contribution is -2.39. The molecule has 0 aromatic heterocycles. The minimum atomic E-state index is -0.173. The fraction of sp³-hybridized carbons (Fsp3) is 0.467. The summed E-state index contributed by atoms with van der Waals surface area (Å²) in [5.74, 6) is 0.0941. The number of nitrogens with one attached hydrogen (secondary N) is 1. The van der Waals surface area contributed by atoms with Gasteiger partial charge in [0, 0.05) is 6.04 Å². The molecule has 0 radical (unpaired) electrons. The first-order chi connectivity index (χ1) is 9.70. The first-order valence-electron chi connectivity index (χ1n) is 6.86. The van der Waals surface area contributed by atoms with E-state index in [4.69, 9.17) is 16.3 Å². The Morgan fingerprint density at radius 3 is 2.80 bits per heavy atom. The molecule has 1 amide bonds. The number of carbonyl (C=O) groups is 2. The van der Waals surface area contributed by atoms with E-state index in [0.717, 1.165) is 25.7 Å². The largest absolute Gasteiger partial charge is 0.481 e. The smallest absolute Gasteiger partial charge is 0.258 e. The first kappa shape index (κ1) is 14.9. The van der Waals surface area contributed by atoms with E-state index in [9.17, 15) is 9.59 Å². The molecule has 4 nitrogen and oxygen atoms in total. The number of hydrogen-bond donors (Lipinski definition) is 1. The third-order valence-electron chi connectivity index (χ3n) is 3.44. The molecule has 0 unspecified atom stereocenters. The second-order valence-electron chi connectivity index (χ2n) is 4.97. The molecule has 0 spiro atoms. The van der Waals surface area contributed by atoms with Crippen LogP contribution in [-0.2, 0) is 4.79 Å². The highest BCUT2D eigenvalue weighted by molar-refractivity contribution is 6.32. The summed E-state index contributed by atoms with van der Waals surface area (Å²) in [5.41, 5.74) is 0.350. The van der Waals surface area contributed by atoms with Crippen LogP contribution in [0, 0.1) is 0 Å². The molecule has 0 saturated heterocycles. The minimum Gasteiger partial charge on any atom is -0.481 e. The highest BCUT2D eigenvalue weighted by Crippen LogP contribution is 2.27. The van der Waals surface area contributed by atoms with Gasteiger partial charge in [-0.05, 0) is 25.0 Å². The van der Waals surface area contributed by atoms with Gasteiger partial charge in [0.1, 0.15) is 5.75 Å². The van der Waals surface area contributed by atoms with E-state index in [1.165, 1.54) is 6.42 Å². The minimum absolute atomic E-state index is 0.124. The van der Waals surface area contributed by atoms with Crippen molar-refractivity contribution < 1.29 is 14.3 Å². The third-order valence-corrected chi connectivity index (χ3v) is 3.74. The molecule has 5 heteroatoms. The van der Waals surface area contributed by atoms with Gasteiger partial charge >= 0.3 is 0 Å². The highest BCUT2D eigenvalue weighted by atomic mass is 35.5. The maximum atomic E-state index is 11.8. The molecule has 0 heterocycles. The van der Waals surface area contributed by atoms with Crippen LogP contribution in [0.5, 0.6) is 5.75 Å². The van der Waals surface area contributed by atoms with Gasteiger partial charge in [-0.15, -0.1) is 0 Å². The molecule has 1 aromatic rings. The lowest BCUT2D eigenvalue weighted by atomic mass is 9.95. The number of hydrogen-bond acceptors (Lipinski definition) is 3. The number of carbonyl (C=O) groups excluding carboxylic acids is 2. The summed E-state index contributed by atoms with van der Waals surface area (Å²) in [4.78, 5) is 22.7. The molecule has 20 heavy (non-hydrogen) atoms. The van der Waals surface area contributed by atoms with Crippen LogP contribution in [0.4, 0.5) is 0 Å². The molecule has 1 aliphatic carbocycles. The van der Waals surface area contributed by atoms with Crippen molar-refractivity contribution in [3.05, 3.63) is 28.8 Å². The number of benzene rings is 1. The fourth-order valence-corrected chi connectivity index (χ4v) is 2.66. The second-order valence-corrected chi connectivity index (χ2v) is 5.37. The van der Waals surface area contributed by atoms with Crippen LogP contribution >= 0.6 is 11.6 Å². The maximum Gasteiger partial charge on any atom is 0.258 e. The van der Waals surface area contributed by atoms with E-state index < -0.39 is 0 Å². The number of rotatable bonds is 5. The average molecular weight is 296 g/mol. The topological polar surface area (TPSA) is 55.4 Å². The molecule has 2 rings (SSSR count). The summed E-state index contributed by atoms with van der Waals surface area (Å²) in [5, 5.41) is 3.28. The Morgan fingerprint density at radius 2 is 2.10 bits per heavy atom. The number of halogens is 1. The van der Waals surface area contributed by atoms with E-state index in [1.54, 1.807) is 18.2 Å². The van der Waals surface area contributed by atoms with E-state index in [1.807, 2.05) is 0 Å².